The fraction of sp³-hybridized carbons (Fsp3) is 0.364. The summed E-state index contributed by atoms with van der Waals surface area (Å²) in [6.07, 6.45) is -10.2. The maximum atomic E-state index is 12.5. The third kappa shape index (κ3) is 4.31. The van der Waals surface area contributed by atoms with Gasteiger partial charge in [0.2, 0.25) is 0 Å². The predicted molar refractivity (Wildman–Crippen MR) is 55.4 cm³/mol. The Balaban J connectivity index is 3.30. The monoisotopic (exact) mass is 301 g/mol. The highest BCUT2D eigenvalue weighted by atomic mass is 35.5. The molecule has 0 saturated heterocycles. The second-order valence-corrected chi connectivity index (χ2v) is 4.24. The lowest BCUT2D eigenvalue weighted by molar-refractivity contribution is -0.143. The molecule has 1 atom stereocenters. The van der Waals surface area contributed by atoms with Gasteiger partial charge < -0.3 is 0 Å². The summed E-state index contributed by atoms with van der Waals surface area (Å²) in [6, 6.07) is 2.67. The standard InChI is InChI=1S/C11H6ClF6N/c12-9(5-19)3-6-1-7(10(13,14)15)4-8(2-6)11(16,17)18/h1-2,4,9H,3H2/t9-/m1/s1. The van der Waals surface area contributed by atoms with Gasteiger partial charge in [0.1, 0.15) is 5.38 Å². The van der Waals surface area contributed by atoms with Crippen molar-refractivity contribution in [3.63, 3.8) is 0 Å². The molecule has 0 unspecified atom stereocenters. The van der Waals surface area contributed by atoms with E-state index in [9.17, 15) is 26.3 Å². The van der Waals surface area contributed by atoms with Gasteiger partial charge in [0.05, 0.1) is 17.2 Å². The number of nitriles is 1. The van der Waals surface area contributed by atoms with Crippen LogP contribution in [0.4, 0.5) is 26.3 Å². The first-order valence-electron chi connectivity index (χ1n) is 4.86. The number of benzene rings is 1. The summed E-state index contributed by atoms with van der Waals surface area (Å²) in [4.78, 5) is 0. The molecule has 104 valence electrons. The average Bonchev–Trinajstić information content (AvgIpc) is 2.26. The molecule has 1 nitrogen and oxygen atoms in total. The lowest BCUT2D eigenvalue weighted by atomic mass is 10.0. The molecule has 19 heavy (non-hydrogen) atoms. The van der Waals surface area contributed by atoms with Gasteiger partial charge in [-0.05, 0) is 23.8 Å². The molecule has 1 aromatic rings. The first-order chi connectivity index (χ1) is 8.54. The summed E-state index contributed by atoms with van der Waals surface area (Å²) in [6.45, 7) is 0. The Morgan fingerprint density at radius 2 is 1.42 bits per heavy atom. The van der Waals surface area contributed by atoms with Gasteiger partial charge in [-0.2, -0.15) is 31.6 Å². The number of rotatable bonds is 2. The van der Waals surface area contributed by atoms with Crippen LogP contribution in [0.2, 0.25) is 0 Å². The lowest BCUT2D eigenvalue weighted by Gasteiger charge is -2.14. The van der Waals surface area contributed by atoms with Crippen molar-refractivity contribution in [1.82, 2.24) is 0 Å². The summed E-state index contributed by atoms with van der Waals surface area (Å²) >= 11 is 5.41. The Morgan fingerprint density at radius 3 is 1.74 bits per heavy atom. The molecule has 0 saturated carbocycles. The molecular formula is C11H6ClF6N. The van der Waals surface area contributed by atoms with Crippen LogP contribution in [0.3, 0.4) is 0 Å². The molecule has 0 amide bonds. The van der Waals surface area contributed by atoms with E-state index in [1.165, 1.54) is 6.07 Å². The minimum Gasteiger partial charge on any atom is -0.197 e. The maximum absolute atomic E-state index is 12.5. The third-order valence-corrected chi connectivity index (χ3v) is 2.45. The quantitative estimate of drug-likeness (QED) is 0.587. The summed E-state index contributed by atoms with van der Waals surface area (Å²) in [5.74, 6) is 0. The van der Waals surface area contributed by atoms with Crippen molar-refractivity contribution in [2.24, 2.45) is 0 Å². The molecule has 0 N–H and O–H groups in total. The molecular weight excluding hydrogens is 296 g/mol. The minimum absolute atomic E-state index is 0.0269. The molecule has 0 aliphatic heterocycles. The van der Waals surface area contributed by atoms with Crippen molar-refractivity contribution < 1.29 is 26.3 Å². The molecule has 0 aromatic heterocycles. The van der Waals surface area contributed by atoms with E-state index >= 15 is 0 Å². The summed E-state index contributed by atoms with van der Waals surface area (Å²) < 4.78 is 74.9. The number of alkyl halides is 7. The molecule has 0 fully saturated rings. The van der Waals surface area contributed by atoms with Gasteiger partial charge in [-0.25, -0.2) is 0 Å². The van der Waals surface area contributed by atoms with Crippen LogP contribution in [0.15, 0.2) is 18.2 Å². The van der Waals surface area contributed by atoms with Crippen LogP contribution in [0.25, 0.3) is 0 Å². The Morgan fingerprint density at radius 1 is 1.00 bits per heavy atom. The van der Waals surface area contributed by atoms with E-state index < -0.39 is 35.3 Å². The maximum Gasteiger partial charge on any atom is 0.416 e. The summed E-state index contributed by atoms with van der Waals surface area (Å²) in [5.41, 5.74) is -3.12. The van der Waals surface area contributed by atoms with Crippen molar-refractivity contribution in [2.75, 3.05) is 0 Å². The van der Waals surface area contributed by atoms with Gasteiger partial charge in [-0.1, -0.05) is 0 Å². The molecule has 0 aliphatic rings. The molecule has 0 aliphatic carbocycles. The first-order valence-corrected chi connectivity index (χ1v) is 5.29. The second kappa shape index (κ2) is 5.29. The number of nitrogens with zero attached hydrogens (tertiary/aromatic N) is 1. The van der Waals surface area contributed by atoms with E-state index in [4.69, 9.17) is 16.9 Å². The van der Waals surface area contributed by atoms with Gasteiger partial charge in [-0.3, -0.25) is 0 Å². The van der Waals surface area contributed by atoms with Crippen molar-refractivity contribution in [3.05, 3.63) is 34.9 Å². The van der Waals surface area contributed by atoms with E-state index in [0.29, 0.717) is 12.1 Å². The average molecular weight is 302 g/mol. The molecule has 8 heteroatoms. The molecule has 1 rings (SSSR count). The molecule has 0 bridgehead atoms. The SMILES string of the molecule is N#C[C@H](Cl)Cc1cc(C(F)(F)F)cc(C(F)(F)F)c1. The summed E-state index contributed by atoms with van der Waals surface area (Å²) in [5, 5.41) is 7.24. The number of halogens is 7. The van der Waals surface area contributed by atoms with Gasteiger partial charge in [0.25, 0.3) is 0 Å². The van der Waals surface area contributed by atoms with E-state index in [2.05, 4.69) is 0 Å². The summed E-state index contributed by atoms with van der Waals surface area (Å²) in [7, 11) is 0. The van der Waals surface area contributed by atoms with Crippen LogP contribution in [-0.4, -0.2) is 5.38 Å². The topological polar surface area (TPSA) is 23.8 Å². The first kappa shape index (κ1) is 15.6. The Kier molecular flexibility index (Phi) is 4.35. The second-order valence-electron chi connectivity index (χ2n) is 3.71. The van der Waals surface area contributed by atoms with Crippen LogP contribution in [0, 0.1) is 11.3 Å². The van der Waals surface area contributed by atoms with Gasteiger partial charge in [0.15, 0.2) is 0 Å². The van der Waals surface area contributed by atoms with Crippen LogP contribution >= 0.6 is 11.6 Å². The molecule has 0 heterocycles. The normalized spacial score (nSPS) is 14.0. The zero-order valence-corrected chi connectivity index (χ0v) is 9.87. The van der Waals surface area contributed by atoms with Gasteiger partial charge >= 0.3 is 12.4 Å². The van der Waals surface area contributed by atoms with Crippen LogP contribution in [-0.2, 0) is 18.8 Å². The fourth-order valence-electron chi connectivity index (χ4n) is 1.39. The highest BCUT2D eigenvalue weighted by Crippen LogP contribution is 2.36. The fourth-order valence-corrected chi connectivity index (χ4v) is 1.57. The van der Waals surface area contributed by atoms with Crippen LogP contribution < -0.4 is 0 Å². The predicted octanol–water partition coefficient (Wildman–Crippen LogP) is 4.40. The smallest absolute Gasteiger partial charge is 0.197 e. The van der Waals surface area contributed by atoms with Crippen molar-refractivity contribution >= 4 is 11.6 Å². The zero-order chi connectivity index (χ0) is 14.8. The van der Waals surface area contributed by atoms with E-state index in [-0.39, 0.29) is 11.6 Å². The zero-order valence-electron chi connectivity index (χ0n) is 9.11. The highest BCUT2D eigenvalue weighted by Gasteiger charge is 2.36. The van der Waals surface area contributed by atoms with Gasteiger partial charge in [-0.15, -0.1) is 11.6 Å². The Labute approximate surface area is 109 Å². The number of hydrogen-bond donors (Lipinski definition) is 0. The molecule has 0 spiro atoms. The number of hydrogen-bond acceptors (Lipinski definition) is 1. The molecule has 0 radical (unpaired) electrons. The minimum atomic E-state index is -4.90. The van der Waals surface area contributed by atoms with E-state index in [1.807, 2.05) is 0 Å². The van der Waals surface area contributed by atoms with Gasteiger partial charge in [0, 0.05) is 6.42 Å². The van der Waals surface area contributed by atoms with E-state index in [1.54, 1.807) is 0 Å². The Hall–Kier alpha value is -1.42. The van der Waals surface area contributed by atoms with Crippen molar-refractivity contribution in [2.45, 2.75) is 24.2 Å². The van der Waals surface area contributed by atoms with Crippen LogP contribution in [0.5, 0.6) is 0 Å². The van der Waals surface area contributed by atoms with Crippen molar-refractivity contribution in [3.8, 4) is 6.07 Å². The molecule has 1 aromatic carbocycles. The highest BCUT2D eigenvalue weighted by molar-refractivity contribution is 6.22. The van der Waals surface area contributed by atoms with E-state index in [0.717, 1.165) is 0 Å². The van der Waals surface area contributed by atoms with Crippen molar-refractivity contribution in [1.29, 1.82) is 5.26 Å². The lowest BCUT2D eigenvalue weighted by Crippen LogP contribution is -2.13. The van der Waals surface area contributed by atoms with Crippen LogP contribution in [0.1, 0.15) is 16.7 Å². The Bertz CT molecular complexity index is 467. The largest absolute Gasteiger partial charge is 0.416 e. The third-order valence-electron chi connectivity index (χ3n) is 2.20.